The van der Waals surface area contributed by atoms with Crippen molar-refractivity contribution in [3.63, 3.8) is 0 Å². The minimum Gasteiger partial charge on any atom is -0.459 e. The first-order valence-electron chi connectivity index (χ1n) is 8.85. The van der Waals surface area contributed by atoms with E-state index in [1.807, 2.05) is 36.9 Å². The van der Waals surface area contributed by atoms with E-state index >= 15 is 0 Å². The summed E-state index contributed by atoms with van der Waals surface area (Å²) in [6.45, 7) is 6.51. The average Bonchev–Trinajstić information content (AvgIpc) is 3.21. The number of aromatic nitrogens is 1. The van der Waals surface area contributed by atoms with Gasteiger partial charge in [-0.25, -0.2) is 4.98 Å². The summed E-state index contributed by atoms with van der Waals surface area (Å²) in [5, 5.41) is 2.81. The Kier molecular flexibility index (Phi) is 5.55. The molecule has 1 aliphatic rings. The zero-order valence-corrected chi connectivity index (χ0v) is 15.1. The van der Waals surface area contributed by atoms with Crippen LogP contribution in [0.5, 0.6) is 0 Å². The first kappa shape index (κ1) is 18.0. The number of piperazine rings is 1. The van der Waals surface area contributed by atoms with Gasteiger partial charge in [0.05, 0.1) is 6.26 Å². The van der Waals surface area contributed by atoms with Crippen LogP contribution in [0.4, 0.5) is 5.82 Å². The van der Waals surface area contributed by atoms with Crippen molar-refractivity contribution in [2.45, 2.75) is 19.9 Å². The second-order valence-electron chi connectivity index (χ2n) is 6.67. The van der Waals surface area contributed by atoms with Crippen LogP contribution in [0, 0.1) is 5.92 Å². The largest absolute Gasteiger partial charge is 0.459 e. The third-order valence-electron chi connectivity index (χ3n) is 4.53. The summed E-state index contributed by atoms with van der Waals surface area (Å²) in [7, 11) is 0. The van der Waals surface area contributed by atoms with Crippen molar-refractivity contribution in [2.75, 3.05) is 31.1 Å². The van der Waals surface area contributed by atoms with Gasteiger partial charge in [0.25, 0.3) is 5.91 Å². The quantitative estimate of drug-likeness (QED) is 0.883. The first-order valence-corrected chi connectivity index (χ1v) is 8.85. The molecule has 7 heteroatoms. The average molecular weight is 356 g/mol. The van der Waals surface area contributed by atoms with Crippen LogP contribution in [0.15, 0.2) is 47.2 Å². The van der Waals surface area contributed by atoms with Crippen LogP contribution in [0.2, 0.25) is 0 Å². The predicted octanol–water partition coefficient (Wildman–Crippen LogP) is 1.78. The zero-order valence-electron chi connectivity index (χ0n) is 15.1. The maximum atomic E-state index is 12.9. The maximum absolute atomic E-state index is 12.9. The van der Waals surface area contributed by atoms with E-state index in [0.717, 1.165) is 18.9 Å². The molecule has 0 radical (unpaired) electrons. The molecule has 1 fully saturated rings. The molecule has 1 atom stereocenters. The summed E-state index contributed by atoms with van der Waals surface area (Å²) in [6, 6.07) is 8.48. The highest BCUT2D eigenvalue weighted by Gasteiger charge is 2.31. The van der Waals surface area contributed by atoms with E-state index in [0.29, 0.717) is 13.1 Å². The van der Waals surface area contributed by atoms with Crippen LogP contribution in [0.3, 0.4) is 0 Å². The van der Waals surface area contributed by atoms with E-state index in [1.165, 1.54) is 6.26 Å². The van der Waals surface area contributed by atoms with Crippen molar-refractivity contribution >= 4 is 17.6 Å². The third-order valence-corrected chi connectivity index (χ3v) is 4.53. The van der Waals surface area contributed by atoms with Crippen molar-refractivity contribution in [1.29, 1.82) is 0 Å². The lowest BCUT2D eigenvalue weighted by molar-refractivity contribution is -0.134. The fraction of sp³-hybridized carbons (Fsp3) is 0.421. The van der Waals surface area contributed by atoms with Crippen molar-refractivity contribution in [3.8, 4) is 0 Å². The third kappa shape index (κ3) is 4.04. The summed E-state index contributed by atoms with van der Waals surface area (Å²) >= 11 is 0. The second kappa shape index (κ2) is 8.03. The van der Waals surface area contributed by atoms with Crippen LogP contribution in [-0.2, 0) is 4.79 Å². The number of carbonyl (C=O) groups excluding carboxylic acids is 2. The van der Waals surface area contributed by atoms with E-state index in [1.54, 1.807) is 18.3 Å². The second-order valence-corrected chi connectivity index (χ2v) is 6.67. The van der Waals surface area contributed by atoms with Crippen molar-refractivity contribution < 1.29 is 14.0 Å². The molecule has 2 amide bonds. The van der Waals surface area contributed by atoms with Gasteiger partial charge in [0, 0.05) is 32.4 Å². The van der Waals surface area contributed by atoms with Gasteiger partial charge in [-0.05, 0) is 30.2 Å². The predicted molar refractivity (Wildman–Crippen MR) is 97.8 cm³/mol. The number of amides is 2. The normalized spacial score (nSPS) is 15.8. The summed E-state index contributed by atoms with van der Waals surface area (Å²) in [5.41, 5.74) is 0. The Labute approximate surface area is 153 Å². The number of hydrogen-bond acceptors (Lipinski definition) is 5. The number of nitrogens with zero attached hydrogens (tertiary/aromatic N) is 3. The van der Waals surface area contributed by atoms with Crippen LogP contribution in [-0.4, -0.2) is 53.9 Å². The fourth-order valence-corrected chi connectivity index (χ4v) is 3.03. The number of rotatable bonds is 5. The SMILES string of the molecule is CC(C)C(NC(=O)c1ccco1)C(=O)N1CCN(c2ccccn2)CC1. The molecule has 26 heavy (non-hydrogen) atoms. The Bertz CT molecular complexity index is 723. The molecular formula is C19H24N4O3. The summed E-state index contributed by atoms with van der Waals surface area (Å²) in [5.74, 6) is 0.694. The fourth-order valence-electron chi connectivity index (χ4n) is 3.03. The Morgan fingerprint density at radius 1 is 1.12 bits per heavy atom. The smallest absolute Gasteiger partial charge is 0.287 e. The zero-order chi connectivity index (χ0) is 18.5. The van der Waals surface area contributed by atoms with Crippen molar-refractivity contribution in [2.24, 2.45) is 5.92 Å². The lowest BCUT2D eigenvalue weighted by atomic mass is 10.0. The minimum absolute atomic E-state index is 0.0183. The van der Waals surface area contributed by atoms with Gasteiger partial charge in [-0.2, -0.15) is 0 Å². The van der Waals surface area contributed by atoms with Crippen molar-refractivity contribution in [1.82, 2.24) is 15.2 Å². The Balaban J connectivity index is 1.60. The van der Waals surface area contributed by atoms with Gasteiger partial charge in [0.15, 0.2) is 5.76 Å². The number of anilines is 1. The summed E-state index contributed by atoms with van der Waals surface area (Å²) < 4.78 is 5.11. The van der Waals surface area contributed by atoms with Gasteiger partial charge in [0.2, 0.25) is 5.91 Å². The van der Waals surface area contributed by atoms with E-state index in [2.05, 4.69) is 15.2 Å². The standard InChI is InChI=1S/C19H24N4O3/c1-14(2)17(21-18(24)15-6-5-13-26-15)19(25)23-11-9-22(10-12-23)16-7-3-4-8-20-16/h3-8,13-14,17H,9-12H2,1-2H3,(H,21,24). The molecule has 0 bridgehead atoms. The Morgan fingerprint density at radius 2 is 1.88 bits per heavy atom. The van der Waals surface area contributed by atoms with Crippen LogP contribution < -0.4 is 10.2 Å². The molecule has 138 valence electrons. The van der Waals surface area contributed by atoms with Gasteiger partial charge >= 0.3 is 0 Å². The van der Waals surface area contributed by atoms with Crippen LogP contribution in [0.1, 0.15) is 24.4 Å². The summed E-state index contributed by atoms with van der Waals surface area (Å²) in [6.07, 6.45) is 3.21. The molecule has 1 N–H and O–H groups in total. The van der Waals surface area contributed by atoms with Gasteiger partial charge in [0.1, 0.15) is 11.9 Å². The number of furan rings is 1. The Morgan fingerprint density at radius 3 is 2.46 bits per heavy atom. The molecule has 0 aromatic carbocycles. The number of pyridine rings is 1. The summed E-state index contributed by atoms with van der Waals surface area (Å²) in [4.78, 5) is 33.5. The molecule has 0 saturated carbocycles. The molecule has 2 aromatic rings. The molecule has 2 aromatic heterocycles. The first-order chi connectivity index (χ1) is 12.6. The van der Waals surface area contributed by atoms with E-state index in [4.69, 9.17) is 4.42 Å². The molecular weight excluding hydrogens is 332 g/mol. The Hall–Kier alpha value is -2.83. The highest BCUT2D eigenvalue weighted by molar-refractivity contribution is 5.95. The molecule has 1 aliphatic heterocycles. The van der Waals surface area contributed by atoms with Crippen LogP contribution in [0.25, 0.3) is 0 Å². The number of carbonyl (C=O) groups is 2. The van der Waals surface area contributed by atoms with Crippen molar-refractivity contribution in [3.05, 3.63) is 48.6 Å². The lowest BCUT2D eigenvalue weighted by Gasteiger charge is -2.37. The monoisotopic (exact) mass is 356 g/mol. The van der Waals surface area contributed by atoms with Gasteiger partial charge in [-0.15, -0.1) is 0 Å². The van der Waals surface area contributed by atoms with Gasteiger partial charge in [-0.3, -0.25) is 9.59 Å². The van der Waals surface area contributed by atoms with Gasteiger partial charge < -0.3 is 19.5 Å². The lowest BCUT2D eigenvalue weighted by Crippen LogP contribution is -2.56. The van der Waals surface area contributed by atoms with Crippen LogP contribution >= 0.6 is 0 Å². The maximum Gasteiger partial charge on any atom is 0.287 e. The molecule has 3 rings (SSSR count). The topological polar surface area (TPSA) is 78.7 Å². The molecule has 0 spiro atoms. The van der Waals surface area contributed by atoms with E-state index in [-0.39, 0.29) is 23.5 Å². The minimum atomic E-state index is -0.575. The molecule has 0 aliphatic carbocycles. The van der Waals surface area contributed by atoms with Gasteiger partial charge in [-0.1, -0.05) is 19.9 Å². The van der Waals surface area contributed by atoms with E-state index < -0.39 is 6.04 Å². The molecule has 1 saturated heterocycles. The molecule has 3 heterocycles. The van der Waals surface area contributed by atoms with E-state index in [9.17, 15) is 9.59 Å². The molecule has 7 nitrogen and oxygen atoms in total. The number of nitrogens with one attached hydrogen (secondary N) is 1. The molecule has 1 unspecified atom stereocenters. The highest BCUT2D eigenvalue weighted by Crippen LogP contribution is 2.15. The highest BCUT2D eigenvalue weighted by atomic mass is 16.3. The number of hydrogen-bond donors (Lipinski definition) is 1.